The molecule has 0 amide bonds. The van der Waals surface area contributed by atoms with Gasteiger partial charge in [-0.05, 0) is 12.8 Å². The smallest absolute Gasteiger partial charge is 0.312 e. The van der Waals surface area contributed by atoms with Crippen molar-refractivity contribution in [2.24, 2.45) is 0 Å². The van der Waals surface area contributed by atoms with Gasteiger partial charge < -0.3 is 5.32 Å². The Labute approximate surface area is 105 Å². The van der Waals surface area contributed by atoms with Gasteiger partial charge in [0, 0.05) is 18.3 Å². The van der Waals surface area contributed by atoms with E-state index in [1.54, 1.807) is 0 Å². The van der Waals surface area contributed by atoms with Crippen molar-refractivity contribution < 1.29 is 4.92 Å². The lowest BCUT2D eigenvalue weighted by atomic mass is 10.1. The van der Waals surface area contributed by atoms with Gasteiger partial charge >= 0.3 is 5.69 Å². The molecular weight excluding hydrogens is 242 g/mol. The molecule has 0 aromatic carbocycles. The predicted molar refractivity (Wildman–Crippen MR) is 68.5 cm³/mol. The van der Waals surface area contributed by atoms with Crippen molar-refractivity contribution in [1.82, 2.24) is 4.98 Å². The van der Waals surface area contributed by atoms with Crippen LogP contribution in [0.3, 0.4) is 0 Å². The van der Waals surface area contributed by atoms with Crippen LogP contribution in [0.25, 0.3) is 0 Å². The van der Waals surface area contributed by atoms with Crippen LogP contribution in [0.2, 0.25) is 5.02 Å². The number of hydrogen-bond acceptors (Lipinski definition) is 4. The average molecular weight is 258 g/mol. The number of rotatable bonds is 6. The van der Waals surface area contributed by atoms with E-state index in [0.717, 1.165) is 19.3 Å². The van der Waals surface area contributed by atoms with Crippen LogP contribution in [-0.4, -0.2) is 15.9 Å². The van der Waals surface area contributed by atoms with Crippen LogP contribution >= 0.6 is 11.6 Å². The first-order chi connectivity index (χ1) is 8.08. The topological polar surface area (TPSA) is 68.1 Å². The molecule has 0 saturated heterocycles. The molecule has 17 heavy (non-hydrogen) atoms. The number of halogens is 1. The second kappa shape index (κ2) is 6.39. The molecule has 6 heteroatoms. The van der Waals surface area contributed by atoms with Crippen LogP contribution in [0.1, 0.15) is 33.1 Å². The number of aromatic nitrogens is 1. The van der Waals surface area contributed by atoms with Gasteiger partial charge in [-0.25, -0.2) is 4.98 Å². The Hall–Kier alpha value is -1.36. The first-order valence-corrected chi connectivity index (χ1v) is 6.02. The van der Waals surface area contributed by atoms with Gasteiger partial charge in [0.15, 0.2) is 0 Å². The third kappa shape index (κ3) is 3.85. The first kappa shape index (κ1) is 13.7. The fourth-order valence-electron chi connectivity index (χ4n) is 1.60. The van der Waals surface area contributed by atoms with Crippen molar-refractivity contribution in [3.05, 3.63) is 27.4 Å². The lowest BCUT2D eigenvalue weighted by Gasteiger charge is -2.16. The summed E-state index contributed by atoms with van der Waals surface area (Å²) in [7, 11) is 0. The fraction of sp³-hybridized carbons (Fsp3) is 0.545. The van der Waals surface area contributed by atoms with Gasteiger partial charge in [-0.3, -0.25) is 10.1 Å². The van der Waals surface area contributed by atoms with E-state index >= 15 is 0 Å². The largest absolute Gasteiger partial charge is 0.362 e. The van der Waals surface area contributed by atoms with Gasteiger partial charge in [-0.15, -0.1) is 0 Å². The van der Waals surface area contributed by atoms with Crippen molar-refractivity contribution in [1.29, 1.82) is 0 Å². The molecule has 0 fully saturated rings. The molecule has 0 bridgehead atoms. The first-order valence-electron chi connectivity index (χ1n) is 5.64. The van der Waals surface area contributed by atoms with E-state index in [9.17, 15) is 10.1 Å². The monoisotopic (exact) mass is 257 g/mol. The summed E-state index contributed by atoms with van der Waals surface area (Å²) in [5.74, 6) is 0.291. The van der Waals surface area contributed by atoms with Gasteiger partial charge in [0.25, 0.3) is 0 Å². The zero-order valence-electron chi connectivity index (χ0n) is 9.94. The van der Waals surface area contributed by atoms with E-state index in [0.29, 0.717) is 5.82 Å². The third-order valence-corrected chi connectivity index (χ3v) is 2.71. The number of nitro groups is 1. The van der Waals surface area contributed by atoms with E-state index in [-0.39, 0.29) is 16.8 Å². The van der Waals surface area contributed by atoms with Crippen LogP contribution in [0.5, 0.6) is 0 Å². The summed E-state index contributed by atoms with van der Waals surface area (Å²) in [5, 5.41) is 14.2. The normalized spacial score (nSPS) is 12.2. The molecule has 0 aliphatic heterocycles. The maximum Gasteiger partial charge on any atom is 0.312 e. The third-order valence-electron chi connectivity index (χ3n) is 2.50. The highest BCUT2D eigenvalue weighted by atomic mass is 35.5. The molecule has 1 rings (SSSR count). The van der Waals surface area contributed by atoms with E-state index in [4.69, 9.17) is 11.6 Å². The Morgan fingerprint density at radius 1 is 1.59 bits per heavy atom. The molecule has 1 unspecified atom stereocenters. The minimum Gasteiger partial charge on any atom is -0.362 e. The van der Waals surface area contributed by atoms with E-state index < -0.39 is 4.92 Å². The van der Waals surface area contributed by atoms with Crippen LogP contribution in [0.15, 0.2) is 12.3 Å². The molecule has 0 aliphatic carbocycles. The Bertz CT molecular complexity index is 398. The minimum absolute atomic E-state index is 0.0768. The van der Waals surface area contributed by atoms with Gasteiger partial charge in [0.2, 0.25) is 5.82 Å². The summed E-state index contributed by atoms with van der Waals surface area (Å²) in [6, 6.07) is 1.52. The Morgan fingerprint density at radius 3 is 2.82 bits per heavy atom. The molecule has 1 atom stereocenters. The second-order valence-electron chi connectivity index (χ2n) is 3.82. The Kier molecular flexibility index (Phi) is 5.15. The minimum atomic E-state index is -0.472. The number of pyridine rings is 1. The molecule has 1 aromatic rings. The summed E-state index contributed by atoms with van der Waals surface area (Å²) in [6.07, 6.45) is 4.29. The van der Waals surface area contributed by atoms with Crippen LogP contribution < -0.4 is 5.32 Å². The lowest BCUT2D eigenvalue weighted by molar-refractivity contribution is -0.384. The van der Waals surface area contributed by atoms with Gasteiger partial charge in [0.1, 0.15) is 0 Å². The SMILES string of the molecule is CCCC(CC)Nc1ncc(Cl)cc1[N+](=O)[O-]. The highest BCUT2D eigenvalue weighted by Crippen LogP contribution is 2.26. The zero-order valence-corrected chi connectivity index (χ0v) is 10.7. The molecule has 1 heterocycles. The van der Waals surface area contributed by atoms with Gasteiger partial charge in [-0.1, -0.05) is 31.9 Å². The molecule has 0 radical (unpaired) electrons. The quantitative estimate of drug-likeness (QED) is 0.624. The van der Waals surface area contributed by atoms with Crippen LogP contribution in [-0.2, 0) is 0 Å². The molecule has 5 nitrogen and oxygen atoms in total. The summed E-state index contributed by atoms with van der Waals surface area (Å²) in [5.41, 5.74) is -0.0768. The lowest BCUT2D eigenvalue weighted by Crippen LogP contribution is -2.19. The zero-order chi connectivity index (χ0) is 12.8. The van der Waals surface area contributed by atoms with Crippen molar-refractivity contribution in [2.75, 3.05) is 5.32 Å². The maximum absolute atomic E-state index is 10.9. The molecule has 1 aromatic heterocycles. The van der Waals surface area contributed by atoms with E-state index in [1.807, 2.05) is 6.92 Å². The molecule has 0 aliphatic rings. The van der Waals surface area contributed by atoms with E-state index in [1.165, 1.54) is 12.3 Å². The standard InChI is InChI=1S/C11H16ClN3O2/c1-3-5-9(4-2)14-11-10(15(16)17)6-8(12)7-13-11/h6-7,9H,3-5H2,1-2H3,(H,13,14). The number of hydrogen-bond donors (Lipinski definition) is 1. The average Bonchev–Trinajstić information content (AvgIpc) is 2.30. The maximum atomic E-state index is 10.9. The molecular formula is C11H16ClN3O2. The van der Waals surface area contributed by atoms with Crippen LogP contribution in [0.4, 0.5) is 11.5 Å². The number of nitrogens with one attached hydrogen (secondary N) is 1. The van der Waals surface area contributed by atoms with Gasteiger partial charge in [0.05, 0.1) is 9.95 Å². The fourth-order valence-corrected chi connectivity index (χ4v) is 1.75. The van der Waals surface area contributed by atoms with Crippen molar-refractivity contribution in [2.45, 2.75) is 39.2 Å². The van der Waals surface area contributed by atoms with Crippen LogP contribution in [0, 0.1) is 10.1 Å². The molecule has 1 N–H and O–H groups in total. The Balaban J connectivity index is 2.92. The predicted octanol–water partition coefficient (Wildman–Crippen LogP) is 3.63. The van der Waals surface area contributed by atoms with Gasteiger partial charge in [-0.2, -0.15) is 0 Å². The summed E-state index contributed by atoms with van der Waals surface area (Å²) >= 11 is 5.70. The summed E-state index contributed by atoms with van der Waals surface area (Å²) in [4.78, 5) is 14.4. The van der Waals surface area contributed by atoms with E-state index in [2.05, 4.69) is 17.2 Å². The van der Waals surface area contributed by atoms with Crippen molar-refractivity contribution >= 4 is 23.1 Å². The summed E-state index contributed by atoms with van der Waals surface area (Å²) in [6.45, 7) is 4.11. The van der Waals surface area contributed by atoms with Crippen molar-refractivity contribution in [3.8, 4) is 0 Å². The second-order valence-corrected chi connectivity index (χ2v) is 4.25. The number of nitrogens with zero attached hydrogens (tertiary/aromatic N) is 2. The highest BCUT2D eigenvalue weighted by molar-refractivity contribution is 6.30. The Morgan fingerprint density at radius 2 is 2.29 bits per heavy atom. The number of anilines is 1. The summed E-state index contributed by atoms with van der Waals surface area (Å²) < 4.78 is 0. The molecule has 0 saturated carbocycles. The highest BCUT2D eigenvalue weighted by Gasteiger charge is 2.18. The van der Waals surface area contributed by atoms with Crippen molar-refractivity contribution in [3.63, 3.8) is 0 Å². The molecule has 94 valence electrons. The molecule has 0 spiro atoms.